The van der Waals surface area contributed by atoms with Gasteiger partial charge >= 0.3 is 5.97 Å². The van der Waals surface area contributed by atoms with Gasteiger partial charge < -0.3 is 15.4 Å². The molecule has 150 valence electrons. The summed E-state index contributed by atoms with van der Waals surface area (Å²) in [7, 11) is 0. The molecule has 2 aromatic rings. The van der Waals surface area contributed by atoms with Crippen LogP contribution >= 0.6 is 0 Å². The highest BCUT2D eigenvalue weighted by Crippen LogP contribution is 2.18. The van der Waals surface area contributed by atoms with E-state index in [1.807, 2.05) is 0 Å². The largest absolute Gasteiger partial charge is 0.452 e. The Kier molecular flexibility index (Phi) is 7.60. The Bertz CT molecular complexity index is 955. The van der Waals surface area contributed by atoms with E-state index in [1.165, 1.54) is 30.3 Å². The lowest BCUT2D eigenvalue weighted by molar-refractivity contribution is -0.385. The molecule has 0 radical (unpaired) electrons. The normalized spacial score (nSPS) is 10.4. The third-order valence-electron chi connectivity index (χ3n) is 3.62. The smallest absolute Gasteiger partial charge is 0.331 e. The van der Waals surface area contributed by atoms with Crippen LogP contribution in [-0.2, 0) is 14.3 Å². The highest BCUT2D eigenvalue weighted by Gasteiger charge is 2.11. The highest BCUT2D eigenvalue weighted by atomic mass is 16.6. The number of nitrogens with one attached hydrogen (secondary N) is 2. The molecule has 2 N–H and O–H groups in total. The second-order valence-electron chi connectivity index (χ2n) is 5.75. The van der Waals surface area contributed by atoms with E-state index in [0.717, 1.165) is 6.08 Å². The third-order valence-corrected chi connectivity index (χ3v) is 3.62. The number of ether oxygens (including phenoxy) is 1. The van der Waals surface area contributed by atoms with Gasteiger partial charge in [0.15, 0.2) is 6.61 Å². The maximum Gasteiger partial charge on any atom is 0.331 e. The van der Waals surface area contributed by atoms with Gasteiger partial charge in [-0.2, -0.15) is 0 Å². The number of hydrogen-bond donors (Lipinski definition) is 2. The summed E-state index contributed by atoms with van der Waals surface area (Å²) in [4.78, 5) is 45.9. The molecule has 2 rings (SSSR count). The van der Waals surface area contributed by atoms with Gasteiger partial charge in [0.1, 0.15) is 0 Å². The van der Waals surface area contributed by atoms with Crippen LogP contribution in [0.25, 0.3) is 6.08 Å². The second kappa shape index (κ2) is 10.4. The zero-order chi connectivity index (χ0) is 21.2. The van der Waals surface area contributed by atoms with Gasteiger partial charge in [-0.3, -0.25) is 19.7 Å². The Balaban J connectivity index is 1.89. The summed E-state index contributed by atoms with van der Waals surface area (Å²) in [5.74, 6) is -1.69. The molecule has 2 aromatic carbocycles. The molecule has 29 heavy (non-hydrogen) atoms. The van der Waals surface area contributed by atoms with Gasteiger partial charge in [0.05, 0.1) is 10.5 Å². The molecular formula is C20H19N3O6. The van der Waals surface area contributed by atoms with Gasteiger partial charge in [-0.1, -0.05) is 18.2 Å². The summed E-state index contributed by atoms with van der Waals surface area (Å²) in [5, 5.41) is 16.1. The Morgan fingerprint density at radius 3 is 2.62 bits per heavy atom. The lowest BCUT2D eigenvalue weighted by Crippen LogP contribution is -2.23. The topological polar surface area (TPSA) is 128 Å². The fraction of sp³-hybridized carbons (Fsp3) is 0.150. The minimum absolute atomic E-state index is 0.152. The van der Waals surface area contributed by atoms with Crippen LogP contribution in [-0.4, -0.2) is 35.9 Å². The fourth-order valence-electron chi connectivity index (χ4n) is 2.34. The van der Waals surface area contributed by atoms with Crippen molar-refractivity contribution in [1.29, 1.82) is 0 Å². The first-order chi connectivity index (χ1) is 13.9. The number of nitrogens with zero attached hydrogens (tertiary/aromatic N) is 1. The van der Waals surface area contributed by atoms with Crippen molar-refractivity contribution in [3.8, 4) is 0 Å². The van der Waals surface area contributed by atoms with Crippen molar-refractivity contribution < 1.29 is 24.0 Å². The number of benzene rings is 2. The first-order valence-corrected chi connectivity index (χ1v) is 8.67. The lowest BCUT2D eigenvalue weighted by atomic mass is 10.1. The summed E-state index contributed by atoms with van der Waals surface area (Å²) >= 11 is 0. The van der Waals surface area contributed by atoms with E-state index in [9.17, 15) is 24.5 Å². The number of hydrogen-bond acceptors (Lipinski definition) is 6. The summed E-state index contributed by atoms with van der Waals surface area (Å²) < 4.78 is 4.83. The number of carbonyl (C=O) groups excluding carboxylic acids is 3. The molecular weight excluding hydrogens is 378 g/mol. The average Bonchev–Trinajstić information content (AvgIpc) is 2.71. The quantitative estimate of drug-likeness (QED) is 0.305. The van der Waals surface area contributed by atoms with E-state index >= 15 is 0 Å². The molecule has 0 bridgehead atoms. The van der Waals surface area contributed by atoms with E-state index in [0.29, 0.717) is 17.8 Å². The molecule has 0 aliphatic heterocycles. The van der Waals surface area contributed by atoms with Crippen LogP contribution in [0.2, 0.25) is 0 Å². The number of amides is 2. The minimum Gasteiger partial charge on any atom is -0.452 e. The van der Waals surface area contributed by atoms with Crippen molar-refractivity contribution in [1.82, 2.24) is 5.32 Å². The van der Waals surface area contributed by atoms with Gasteiger partial charge in [0.25, 0.3) is 17.5 Å². The summed E-state index contributed by atoms with van der Waals surface area (Å²) in [5.41, 5.74) is 0.849. The first-order valence-electron chi connectivity index (χ1n) is 8.67. The molecule has 0 aromatic heterocycles. The van der Waals surface area contributed by atoms with Crippen LogP contribution in [0.15, 0.2) is 54.6 Å². The van der Waals surface area contributed by atoms with E-state index in [4.69, 9.17) is 4.74 Å². The predicted molar refractivity (Wildman–Crippen MR) is 106 cm³/mol. The van der Waals surface area contributed by atoms with Crippen LogP contribution in [0.1, 0.15) is 22.8 Å². The average molecular weight is 397 g/mol. The van der Waals surface area contributed by atoms with Gasteiger partial charge in [0, 0.05) is 29.9 Å². The maximum atomic E-state index is 11.9. The van der Waals surface area contributed by atoms with Crippen LogP contribution in [0.5, 0.6) is 0 Å². The van der Waals surface area contributed by atoms with Gasteiger partial charge in [0.2, 0.25) is 0 Å². The number of nitro benzene ring substituents is 1. The SMILES string of the molecule is CCNC(=O)c1cccc(NC(=O)COC(=O)/C=C/c2ccccc2[N+](=O)[O-])c1. The zero-order valence-electron chi connectivity index (χ0n) is 15.6. The van der Waals surface area contributed by atoms with E-state index in [2.05, 4.69) is 10.6 Å². The minimum atomic E-state index is -0.825. The van der Waals surface area contributed by atoms with Crippen molar-refractivity contribution in [2.75, 3.05) is 18.5 Å². The standard InChI is InChI=1S/C20H19N3O6/c1-2-21-20(26)15-7-5-8-16(12-15)22-18(24)13-29-19(25)11-10-14-6-3-4-9-17(14)23(27)28/h3-12H,2,13H2,1H3,(H,21,26)(H,22,24)/b11-10+. The van der Waals surface area contributed by atoms with E-state index in [-0.39, 0.29) is 17.2 Å². The molecule has 0 saturated heterocycles. The molecule has 0 heterocycles. The number of carbonyl (C=O) groups is 3. The Hall–Kier alpha value is -4.01. The van der Waals surface area contributed by atoms with E-state index < -0.39 is 23.4 Å². The summed E-state index contributed by atoms with van der Waals surface area (Å²) in [6.07, 6.45) is 2.25. The van der Waals surface area contributed by atoms with Gasteiger partial charge in [-0.05, 0) is 37.3 Å². The van der Waals surface area contributed by atoms with Crippen molar-refractivity contribution in [3.63, 3.8) is 0 Å². The molecule has 0 unspecified atom stereocenters. The van der Waals surface area contributed by atoms with Crippen molar-refractivity contribution >= 4 is 35.2 Å². The Labute approximate surface area is 166 Å². The van der Waals surface area contributed by atoms with Crippen LogP contribution in [0.3, 0.4) is 0 Å². The molecule has 0 aliphatic carbocycles. The van der Waals surface area contributed by atoms with Crippen LogP contribution < -0.4 is 10.6 Å². The van der Waals surface area contributed by atoms with E-state index in [1.54, 1.807) is 31.2 Å². The van der Waals surface area contributed by atoms with Crippen molar-refractivity contribution in [3.05, 3.63) is 75.8 Å². The number of rotatable bonds is 8. The van der Waals surface area contributed by atoms with Gasteiger partial charge in [-0.15, -0.1) is 0 Å². The Morgan fingerprint density at radius 1 is 1.14 bits per heavy atom. The highest BCUT2D eigenvalue weighted by molar-refractivity contribution is 5.98. The molecule has 9 nitrogen and oxygen atoms in total. The Morgan fingerprint density at radius 2 is 1.90 bits per heavy atom. The van der Waals surface area contributed by atoms with Crippen LogP contribution in [0, 0.1) is 10.1 Å². The molecule has 0 aliphatic rings. The monoisotopic (exact) mass is 397 g/mol. The predicted octanol–water partition coefficient (Wildman–Crippen LogP) is 2.54. The molecule has 2 amide bonds. The lowest BCUT2D eigenvalue weighted by Gasteiger charge is -2.07. The van der Waals surface area contributed by atoms with Crippen LogP contribution in [0.4, 0.5) is 11.4 Å². The van der Waals surface area contributed by atoms with Crippen molar-refractivity contribution in [2.45, 2.75) is 6.92 Å². The number of esters is 1. The molecule has 0 saturated carbocycles. The number of nitro groups is 1. The fourth-order valence-corrected chi connectivity index (χ4v) is 2.34. The van der Waals surface area contributed by atoms with Gasteiger partial charge in [-0.25, -0.2) is 4.79 Å². The summed E-state index contributed by atoms with van der Waals surface area (Å²) in [6, 6.07) is 12.2. The molecule has 0 fully saturated rings. The number of para-hydroxylation sites is 1. The molecule has 0 atom stereocenters. The zero-order valence-corrected chi connectivity index (χ0v) is 15.6. The third kappa shape index (κ3) is 6.58. The second-order valence-corrected chi connectivity index (χ2v) is 5.75. The van der Waals surface area contributed by atoms with Crippen molar-refractivity contribution in [2.24, 2.45) is 0 Å². The number of anilines is 1. The summed E-state index contributed by atoms with van der Waals surface area (Å²) in [6.45, 7) is 1.72. The maximum absolute atomic E-state index is 11.9. The molecule has 9 heteroatoms. The molecule has 0 spiro atoms. The first kappa shape index (κ1) is 21.3.